The molecule has 0 aromatic carbocycles. The van der Waals surface area contributed by atoms with Crippen LogP contribution in [0.1, 0.15) is 34.7 Å². The van der Waals surface area contributed by atoms with Gasteiger partial charge in [-0.25, -0.2) is 4.98 Å². The summed E-state index contributed by atoms with van der Waals surface area (Å²) in [7, 11) is 0. The maximum absolute atomic E-state index is 12.1. The molecule has 0 bridgehead atoms. The Labute approximate surface area is 145 Å². The summed E-state index contributed by atoms with van der Waals surface area (Å²) in [6, 6.07) is 7.19. The molecule has 7 heteroatoms. The first-order valence-electron chi connectivity index (χ1n) is 7.74. The van der Waals surface area contributed by atoms with Crippen molar-refractivity contribution in [3.8, 4) is 6.07 Å². The van der Waals surface area contributed by atoms with Crippen LogP contribution in [-0.2, 0) is 0 Å². The topological polar surface area (TPSA) is 82.2 Å². The van der Waals surface area contributed by atoms with Crippen molar-refractivity contribution >= 4 is 23.3 Å². The molecular formula is C17H17ClN4O2. The van der Waals surface area contributed by atoms with Crippen LogP contribution in [0.4, 0.5) is 5.82 Å². The van der Waals surface area contributed by atoms with Crippen molar-refractivity contribution < 1.29 is 9.21 Å². The zero-order valence-electron chi connectivity index (χ0n) is 13.3. The van der Waals surface area contributed by atoms with E-state index in [2.05, 4.69) is 15.2 Å². The zero-order valence-corrected chi connectivity index (χ0v) is 14.0. The van der Waals surface area contributed by atoms with E-state index in [1.54, 1.807) is 18.2 Å². The summed E-state index contributed by atoms with van der Waals surface area (Å²) in [4.78, 5) is 18.5. The van der Waals surface area contributed by atoms with E-state index in [9.17, 15) is 4.79 Å². The van der Waals surface area contributed by atoms with Gasteiger partial charge >= 0.3 is 0 Å². The number of rotatable bonds is 3. The number of nitriles is 1. The fourth-order valence-corrected chi connectivity index (χ4v) is 3.06. The quantitative estimate of drug-likeness (QED) is 0.925. The Bertz CT molecular complexity index is 788. The first-order valence-corrected chi connectivity index (χ1v) is 8.12. The third kappa shape index (κ3) is 3.52. The number of pyridine rings is 1. The minimum atomic E-state index is -0.184. The fraction of sp³-hybridized carbons (Fsp3) is 0.353. The van der Waals surface area contributed by atoms with Crippen molar-refractivity contribution in [2.75, 3.05) is 18.0 Å². The first kappa shape index (κ1) is 16.3. The van der Waals surface area contributed by atoms with Crippen molar-refractivity contribution in [2.24, 2.45) is 0 Å². The van der Waals surface area contributed by atoms with E-state index in [1.165, 1.54) is 6.20 Å². The molecule has 3 heterocycles. The number of amides is 1. The van der Waals surface area contributed by atoms with E-state index in [1.807, 2.05) is 13.0 Å². The minimum absolute atomic E-state index is 0.0938. The molecule has 0 saturated carbocycles. The Morgan fingerprint density at radius 2 is 2.21 bits per heavy atom. The molecule has 1 fully saturated rings. The lowest BCUT2D eigenvalue weighted by atomic mass is 10.0. The van der Waals surface area contributed by atoms with E-state index in [0.29, 0.717) is 22.2 Å². The highest BCUT2D eigenvalue weighted by atomic mass is 35.5. The number of hydrogen-bond donors (Lipinski definition) is 1. The van der Waals surface area contributed by atoms with Gasteiger partial charge in [0.05, 0.1) is 10.6 Å². The van der Waals surface area contributed by atoms with Crippen molar-refractivity contribution in [3.05, 3.63) is 46.5 Å². The number of carbonyl (C=O) groups excluding carboxylic acids is 1. The number of carbonyl (C=O) groups is 1. The SMILES string of the molecule is Cc1ccc(C(=O)NC2CCN(c3ncc(C#N)cc3Cl)CC2)o1. The Morgan fingerprint density at radius 1 is 1.46 bits per heavy atom. The van der Waals surface area contributed by atoms with Crippen LogP contribution in [0, 0.1) is 18.3 Å². The maximum atomic E-state index is 12.1. The number of aryl methyl sites for hydroxylation is 1. The molecule has 0 unspecified atom stereocenters. The summed E-state index contributed by atoms with van der Waals surface area (Å²) in [6.07, 6.45) is 3.11. The molecule has 1 N–H and O–H groups in total. The van der Waals surface area contributed by atoms with Crippen LogP contribution in [-0.4, -0.2) is 30.0 Å². The third-order valence-corrected chi connectivity index (χ3v) is 4.32. The predicted octanol–water partition coefficient (Wildman–Crippen LogP) is 2.91. The van der Waals surface area contributed by atoms with E-state index in [-0.39, 0.29) is 11.9 Å². The molecule has 1 aliphatic heterocycles. The molecule has 6 nitrogen and oxygen atoms in total. The Morgan fingerprint density at radius 3 is 2.79 bits per heavy atom. The van der Waals surface area contributed by atoms with Gasteiger partial charge in [-0.2, -0.15) is 5.26 Å². The van der Waals surface area contributed by atoms with Crippen molar-refractivity contribution in [3.63, 3.8) is 0 Å². The molecule has 1 amide bonds. The van der Waals surface area contributed by atoms with Gasteiger partial charge < -0.3 is 14.6 Å². The molecular weight excluding hydrogens is 328 g/mol. The second kappa shape index (κ2) is 6.93. The predicted molar refractivity (Wildman–Crippen MR) is 90.1 cm³/mol. The Kier molecular flexibility index (Phi) is 4.72. The fourth-order valence-electron chi connectivity index (χ4n) is 2.77. The summed E-state index contributed by atoms with van der Waals surface area (Å²) >= 11 is 6.21. The molecule has 0 radical (unpaired) electrons. The van der Waals surface area contributed by atoms with Gasteiger partial charge in [-0.1, -0.05) is 11.6 Å². The lowest BCUT2D eigenvalue weighted by molar-refractivity contribution is 0.0901. The standard InChI is InChI=1S/C17H17ClN4O2/c1-11-2-3-15(24-11)17(23)21-13-4-6-22(7-5-13)16-14(18)8-12(9-19)10-20-16/h2-3,8,10,13H,4-7H2,1H3,(H,21,23). The Balaban J connectivity index is 1.58. The van der Waals surface area contributed by atoms with Gasteiger partial charge in [0.1, 0.15) is 17.6 Å². The number of furan rings is 1. The molecule has 0 aliphatic carbocycles. The van der Waals surface area contributed by atoms with Gasteiger partial charge in [-0.3, -0.25) is 4.79 Å². The van der Waals surface area contributed by atoms with Crippen LogP contribution in [0.15, 0.2) is 28.8 Å². The second-order valence-electron chi connectivity index (χ2n) is 5.79. The number of halogens is 1. The number of anilines is 1. The average molecular weight is 345 g/mol. The minimum Gasteiger partial charge on any atom is -0.456 e. The number of piperidine rings is 1. The number of hydrogen-bond acceptors (Lipinski definition) is 5. The van der Waals surface area contributed by atoms with Crippen LogP contribution >= 0.6 is 11.6 Å². The lowest BCUT2D eigenvalue weighted by Gasteiger charge is -2.33. The second-order valence-corrected chi connectivity index (χ2v) is 6.19. The number of nitrogens with zero attached hydrogens (tertiary/aromatic N) is 3. The average Bonchev–Trinajstić information content (AvgIpc) is 3.02. The molecule has 1 saturated heterocycles. The van der Waals surface area contributed by atoms with E-state index in [0.717, 1.165) is 31.7 Å². The molecule has 1 aliphatic rings. The monoisotopic (exact) mass is 344 g/mol. The highest BCUT2D eigenvalue weighted by Crippen LogP contribution is 2.26. The van der Waals surface area contributed by atoms with E-state index in [4.69, 9.17) is 21.3 Å². The summed E-state index contributed by atoms with van der Waals surface area (Å²) in [5, 5.41) is 12.3. The van der Waals surface area contributed by atoms with Gasteiger partial charge in [0.15, 0.2) is 5.76 Å². The van der Waals surface area contributed by atoms with Gasteiger partial charge in [0, 0.05) is 25.3 Å². The van der Waals surface area contributed by atoms with Crippen molar-refractivity contribution in [1.82, 2.24) is 10.3 Å². The zero-order chi connectivity index (χ0) is 17.1. The largest absolute Gasteiger partial charge is 0.456 e. The lowest BCUT2D eigenvalue weighted by Crippen LogP contribution is -2.45. The van der Waals surface area contributed by atoms with Crippen molar-refractivity contribution in [1.29, 1.82) is 5.26 Å². The van der Waals surface area contributed by atoms with E-state index < -0.39 is 0 Å². The van der Waals surface area contributed by atoms with E-state index >= 15 is 0 Å². The van der Waals surface area contributed by atoms with Gasteiger partial charge in [-0.15, -0.1) is 0 Å². The summed E-state index contributed by atoms with van der Waals surface area (Å²) < 4.78 is 5.34. The third-order valence-electron chi connectivity index (χ3n) is 4.04. The van der Waals surface area contributed by atoms with Crippen LogP contribution in [0.25, 0.3) is 0 Å². The van der Waals surface area contributed by atoms with Gasteiger partial charge in [0.2, 0.25) is 0 Å². The van der Waals surface area contributed by atoms with Crippen LogP contribution in [0.3, 0.4) is 0 Å². The molecule has 0 atom stereocenters. The summed E-state index contributed by atoms with van der Waals surface area (Å²) in [5.41, 5.74) is 0.444. The molecule has 3 rings (SSSR count). The van der Waals surface area contributed by atoms with Gasteiger partial charge in [-0.05, 0) is 38.0 Å². The van der Waals surface area contributed by atoms with Crippen LogP contribution in [0.5, 0.6) is 0 Å². The summed E-state index contributed by atoms with van der Waals surface area (Å²) in [5.74, 6) is 1.56. The molecule has 24 heavy (non-hydrogen) atoms. The molecule has 0 spiro atoms. The summed E-state index contributed by atoms with van der Waals surface area (Å²) in [6.45, 7) is 3.28. The number of aromatic nitrogens is 1. The van der Waals surface area contributed by atoms with Gasteiger partial charge in [0.25, 0.3) is 5.91 Å². The number of nitrogens with one attached hydrogen (secondary N) is 1. The highest BCUT2D eigenvalue weighted by molar-refractivity contribution is 6.33. The normalized spacial score (nSPS) is 15.1. The molecule has 2 aromatic heterocycles. The molecule has 2 aromatic rings. The maximum Gasteiger partial charge on any atom is 0.287 e. The van der Waals surface area contributed by atoms with Crippen molar-refractivity contribution in [2.45, 2.75) is 25.8 Å². The van der Waals surface area contributed by atoms with Crippen LogP contribution in [0.2, 0.25) is 5.02 Å². The van der Waals surface area contributed by atoms with Crippen LogP contribution < -0.4 is 10.2 Å². The first-order chi connectivity index (χ1) is 11.6. The molecule has 124 valence electrons. The smallest absolute Gasteiger partial charge is 0.287 e. The Hall–Kier alpha value is -2.52. The highest BCUT2D eigenvalue weighted by Gasteiger charge is 2.24.